The van der Waals surface area contributed by atoms with E-state index in [9.17, 15) is 4.39 Å². The van der Waals surface area contributed by atoms with Crippen LogP contribution in [0.15, 0.2) is 6.20 Å². The van der Waals surface area contributed by atoms with Crippen LogP contribution in [-0.4, -0.2) is 21.5 Å². The Hall–Kier alpha value is -1.65. The van der Waals surface area contributed by atoms with Crippen molar-refractivity contribution >= 4 is 5.65 Å². The maximum atomic E-state index is 14.1. The molecule has 0 saturated heterocycles. The van der Waals surface area contributed by atoms with Crippen LogP contribution >= 0.6 is 0 Å². The molecule has 0 aliphatic rings. The van der Waals surface area contributed by atoms with E-state index < -0.39 is 0 Å². The highest BCUT2D eigenvalue weighted by Gasteiger charge is 2.18. The Kier molecular flexibility index (Phi) is 2.53. The van der Waals surface area contributed by atoms with Crippen molar-refractivity contribution in [2.45, 2.75) is 26.7 Å². The minimum Gasteiger partial charge on any atom is -0.478 e. The zero-order chi connectivity index (χ0) is 11.9. The molecule has 0 spiro atoms. The number of fused-ring (bicyclic) bond motifs is 1. The molecule has 2 aromatic rings. The van der Waals surface area contributed by atoms with Gasteiger partial charge in [-0.15, -0.1) is 0 Å². The molecule has 0 aromatic carbocycles. The van der Waals surface area contributed by atoms with Gasteiger partial charge in [-0.1, -0.05) is 13.8 Å². The van der Waals surface area contributed by atoms with Crippen molar-refractivity contribution in [1.29, 1.82) is 0 Å². The van der Waals surface area contributed by atoms with Crippen molar-refractivity contribution in [1.82, 2.24) is 14.4 Å². The summed E-state index contributed by atoms with van der Waals surface area (Å²) >= 11 is 0. The number of hydrogen-bond donors (Lipinski definition) is 0. The first kappa shape index (κ1) is 10.9. The molecule has 16 heavy (non-hydrogen) atoms. The van der Waals surface area contributed by atoms with Crippen LogP contribution in [0.1, 0.15) is 31.2 Å². The van der Waals surface area contributed by atoms with Crippen LogP contribution in [0.5, 0.6) is 5.88 Å². The van der Waals surface area contributed by atoms with E-state index in [0.29, 0.717) is 17.2 Å². The first-order chi connectivity index (χ1) is 7.54. The largest absolute Gasteiger partial charge is 0.478 e. The Labute approximate surface area is 93.1 Å². The molecule has 0 bridgehead atoms. The number of methoxy groups -OCH3 is 1. The molecule has 0 unspecified atom stereocenters. The van der Waals surface area contributed by atoms with Crippen LogP contribution < -0.4 is 4.74 Å². The van der Waals surface area contributed by atoms with Crippen LogP contribution in [0.3, 0.4) is 0 Å². The second kappa shape index (κ2) is 3.73. The number of imidazole rings is 1. The molecule has 2 heterocycles. The number of aryl methyl sites for hydroxylation is 1. The van der Waals surface area contributed by atoms with Gasteiger partial charge in [0, 0.05) is 12.1 Å². The molecule has 4 nitrogen and oxygen atoms in total. The predicted molar refractivity (Wildman–Crippen MR) is 58.3 cm³/mol. The van der Waals surface area contributed by atoms with Gasteiger partial charge in [-0.2, -0.15) is 4.39 Å². The van der Waals surface area contributed by atoms with Gasteiger partial charge in [-0.3, -0.25) is 4.40 Å². The third kappa shape index (κ3) is 1.52. The van der Waals surface area contributed by atoms with Crippen molar-refractivity contribution in [2.75, 3.05) is 7.11 Å². The number of rotatable bonds is 2. The van der Waals surface area contributed by atoms with Crippen LogP contribution in [0.2, 0.25) is 0 Å². The summed E-state index contributed by atoms with van der Waals surface area (Å²) in [6.07, 6.45) is 1.64. The lowest BCUT2D eigenvalue weighted by atomic mass is 10.1. The lowest BCUT2D eigenvalue weighted by molar-refractivity contribution is 0.390. The Bertz CT molecular complexity index is 533. The minimum atomic E-state index is -0.369. The molecule has 2 aromatic heterocycles. The van der Waals surface area contributed by atoms with Crippen molar-refractivity contribution in [3.63, 3.8) is 0 Å². The number of hydrogen-bond acceptors (Lipinski definition) is 3. The molecule has 86 valence electrons. The van der Waals surface area contributed by atoms with Gasteiger partial charge in [-0.05, 0) is 6.92 Å². The number of nitrogens with zero attached hydrogens (tertiary/aromatic N) is 3. The van der Waals surface area contributed by atoms with Crippen LogP contribution in [0.25, 0.3) is 5.65 Å². The van der Waals surface area contributed by atoms with Crippen molar-refractivity contribution < 1.29 is 9.13 Å². The Morgan fingerprint density at radius 2 is 2.06 bits per heavy atom. The van der Waals surface area contributed by atoms with Gasteiger partial charge in [0.15, 0.2) is 0 Å². The fraction of sp³-hybridized carbons (Fsp3) is 0.455. The highest BCUT2D eigenvalue weighted by Crippen LogP contribution is 2.24. The van der Waals surface area contributed by atoms with Gasteiger partial charge in [0.25, 0.3) is 5.88 Å². The summed E-state index contributed by atoms with van der Waals surface area (Å²) in [7, 11) is 1.51. The molecule has 0 saturated carbocycles. The summed E-state index contributed by atoms with van der Waals surface area (Å²) in [5.41, 5.74) is 1.54. The van der Waals surface area contributed by atoms with Gasteiger partial charge < -0.3 is 4.74 Å². The molecule has 5 heteroatoms. The Balaban J connectivity index is 2.82. The summed E-state index contributed by atoms with van der Waals surface area (Å²) in [6, 6.07) is 0. The van der Waals surface area contributed by atoms with Gasteiger partial charge >= 0.3 is 0 Å². The monoisotopic (exact) mass is 223 g/mol. The molecule has 0 aliphatic carbocycles. The number of aromatic nitrogens is 3. The highest BCUT2D eigenvalue weighted by molar-refractivity contribution is 5.51. The summed E-state index contributed by atoms with van der Waals surface area (Å²) in [5, 5.41) is 0. The van der Waals surface area contributed by atoms with Gasteiger partial charge in [0.05, 0.1) is 12.8 Å². The molecule has 0 atom stereocenters. The molecule has 0 fully saturated rings. The van der Waals surface area contributed by atoms with Crippen molar-refractivity contribution in [3.05, 3.63) is 23.5 Å². The van der Waals surface area contributed by atoms with E-state index in [1.54, 1.807) is 13.1 Å². The molecule has 0 amide bonds. The van der Waals surface area contributed by atoms with E-state index >= 15 is 0 Å². The summed E-state index contributed by atoms with van der Waals surface area (Å²) in [6.45, 7) is 5.59. The van der Waals surface area contributed by atoms with Gasteiger partial charge in [0.1, 0.15) is 5.69 Å². The molecule has 2 rings (SSSR count). The van der Waals surface area contributed by atoms with Gasteiger partial charge in [0.2, 0.25) is 11.6 Å². The van der Waals surface area contributed by atoms with E-state index in [4.69, 9.17) is 4.74 Å². The molecular formula is C11H14FN3O. The molecule has 0 aliphatic heterocycles. The SMILES string of the molecule is COc1nc(C(C)C)c(F)n2cc(C)nc12. The average molecular weight is 223 g/mol. The fourth-order valence-corrected chi connectivity index (χ4v) is 1.63. The maximum Gasteiger partial charge on any atom is 0.258 e. The standard InChI is InChI=1S/C11H14FN3O/c1-6(2)8-9(12)15-5-7(3)13-10(15)11(14-8)16-4/h5-6H,1-4H3. The minimum absolute atomic E-state index is 0.000932. The topological polar surface area (TPSA) is 39.4 Å². The van der Waals surface area contributed by atoms with Crippen LogP contribution in [0, 0.1) is 12.9 Å². The third-order valence-corrected chi connectivity index (χ3v) is 2.40. The Morgan fingerprint density at radius 3 is 2.62 bits per heavy atom. The summed E-state index contributed by atoms with van der Waals surface area (Å²) in [5.74, 6) is -0.00870. The lowest BCUT2D eigenvalue weighted by Gasteiger charge is -2.10. The lowest BCUT2D eigenvalue weighted by Crippen LogP contribution is -2.06. The normalized spacial score (nSPS) is 11.4. The molecule has 0 radical (unpaired) electrons. The summed E-state index contributed by atoms with van der Waals surface area (Å²) < 4.78 is 20.6. The van der Waals surface area contributed by atoms with Crippen molar-refractivity contribution in [2.24, 2.45) is 0 Å². The van der Waals surface area contributed by atoms with E-state index in [0.717, 1.165) is 5.69 Å². The van der Waals surface area contributed by atoms with Crippen LogP contribution in [0.4, 0.5) is 4.39 Å². The zero-order valence-corrected chi connectivity index (χ0v) is 9.78. The first-order valence-electron chi connectivity index (χ1n) is 5.13. The predicted octanol–water partition coefficient (Wildman–Crippen LogP) is 2.31. The molecule has 0 N–H and O–H groups in total. The second-order valence-corrected chi connectivity index (χ2v) is 4.03. The Morgan fingerprint density at radius 1 is 1.38 bits per heavy atom. The van der Waals surface area contributed by atoms with Crippen LogP contribution in [-0.2, 0) is 0 Å². The quantitative estimate of drug-likeness (QED) is 0.784. The number of ether oxygens (including phenoxy) is 1. The van der Waals surface area contributed by atoms with E-state index in [2.05, 4.69) is 9.97 Å². The van der Waals surface area contributed by atoms with E-state index in [1.165, 1.54) is 11.5 Å². The average Bonchev–Trinajstić information content (AvgIpc) is 2.60. The van der Waals surface area contributed by atoms with E-state index in [-0.39, 0.29) is 11.9 Å². The highest BCUT2D eigenvalue weighted by atomic mass is 19.1. The number of halogens is 1. The van der Waals surface area contributed by atoms with E-state index in [1.807, 2.05) is 13.8 Å². The molecular weight excluding hydrogens is 209 g/mol. The zero-order valence-electron chi connectivity index (χ0n) is 9.78. The summed E-state index contributed by atoms with van der Waals surface area (Å²) in [4.78, 5) is 8.33. The van der Waals surface area contributed by atoms with Gasteiger partial charge in [-0.25, -0.2) is 9.97 Å². The fourth-order valence-electron chi connectivity index (χ4n) is 1.63. The first-order valence-corrected chi connectivity index (χ1v) is 5.13. The van der Waals surface area contributed by atoms with Crippen molar-refractivity contribution in [3.8, 4) is 5.88 Å². The third-order valence-electron chi connectivity index (χ3n) is 2.40. The second-order valence-electron chi connectivity index (χ2n) is 4.03. The maximum absolute atomic E-state index is 14.1. The smallest absolute Gasteiger partial charge is 0.258 e.